The second kappa shape index (κ2) is 7.33. The van der Waals surface area contributed by atoms with Gasteiger partial charge in [-0.3, -0.25) is 4.21 Å². The van der Waals surface area contributed by atoms with E-state index in [9.17, 15) is 4.21 Å². The molecule has 17 heavy (non-hydrogen) atoms. The van der Waals surface area contributed by atoms with Gasteiger partial charge in [-0.05, 0) is 18.1 Å². The lowest BCUT2D eigenvalue weighted by Crippen LogP contribution is -2.15. The summed E-state index contributed by atoms with van der Waals surface area (Å²) in [6.07, 6.45) is 1.07. The van der Waals surface area contributed by atoms with Gasteiger partial charge in [-0.25, -0.2) is 0 Å². The van der Waals surface area contributed by atoms with Gasteiger partial charge >= 0.3 is 0 Å². The first-order valence-electron chi connectivity index (χ1n) is 5.95. The number of anilines is 1. The Morgan fingerprint density at radius 1 is 1.47 bits per heavy atom. The number of nitrogens with two attached hydrogens (primary N) is 1. The Morgan fingerprint density at radius 2 is 2.24 bits per heavy atom. The predicted molar refractivity (Wildman–Crippen MR) is 73.7 cm³/mol. The Hall–Kier alpha value is -1.03. The molecule has 2 unspecified atom stereocenters. The minimum atomic E-state index is -0.785. The normalized spacial score (nSPS) is 14.2. The minimum Gasteiger partial charge on any atom is -0.493 e. The third-order valence-electron chi connectivity index (χ3n) is 2.61. The smallest absolute Gasteiger partial charge is 0.121 e. The lowest BCUT2D eigenvalue weighted by Gasteiger charge is -2.09. The van der Waals surface area contributed by atoms with Crippen molar-refractivity contribution in [3.05, 3.63) is 24.3 Å². The van der Waals surface area contributed by atoms with Crippen molar-refractivity contribution in [3.63, 3.8) is 0 Å². The quantitative estimate of drug-likeness (QED) is 0.761. The molecule has 0 amide bonds. The maximum atomic E-state index is 11.7. The summed E-state index contributed by atoms with van der Waals surface area (Å²) in [6.45, 7) is 4.72. The van der Waals surface area contributed by atoms with Gasteiger partial charge < -0.3 is 10.5 Å². The molecule has 3 nitrogen and oxygen atoms in total. The Balaban J connectivity index is 2.26. The lowest BCUT2D eigenvalue weighted by molar-refractivity contribution is 0.342. The number of rotatable bonds is 7. The van der Waals surface area contributed by atoms with Crippen molar-refractivity contribution >= 4 is 16.5 Å². The van der Waals surface area contributed by atoms with Crippen LogP contribution in [0.3, 0.4) is 0 Å². The molecule has 0 aromatic heterocycles. The number of hydrogen-bond acceptors (Lipinski definition) is 3. The third-order valence-corrected chi connectivity index (χ3v) is 4.17. The van der Waals surface area contributed by atoms with Crippen molar-refractivity contribution in [2.24, 2.45) is 5.92 Å². The van der Waals surface area contributed by atoms with Gasteiger partial charge in [0.15, 0.2) is 0 Å². The van der Waals surface area contributed by atoms with Crippen LogP contribution in [0.15, 0.2) is 24.3 Å². The van der Waals surface area contributed by atoms with E-state index in [1.807, 2.05) is 18.2 Å². The highest BCUT2D eigenvalue weighted by Gasteiger charge is 2.06. The van der Waals surface area contributed by atoms with E-state index in [0.29, 0.717) is 24.0 Å². The summed E-state index contributed by atoms with van der Waals surface area (Å²) in [5.41, 5.74) is 6.32. The summed E-state index contributed by atoms with van der Waals surface area (Å²) >= 11 is 0. The SMILES string of the molecule is CCC(C)CS(=O)CCOc1cccc(N)c1. The van der Waals surface area contributed by atoms with Crippen LogP contribution in [0.2, 0.25) is 0 Å². The minimum absolute atomic E-state index is 0.479. The second-order valence-corrected chi connectivity index (χ2v) is 5.87. The van der Waals surface area contributed by atoms with E-state index in [-0.39, 0.29) is 0 Å². The van der Waals surface area contributed by atoms with Crippen LogP contribution in [-0.4, -0.2) is 22.3 Å². The highest BCUT2D eigenvalue weighted by molar-refractivity contribution is 7.85. The third kappa shape index (κ3) is 5.73. The molecule has 0 saturated carbocycles. The van der Waals surface area contributed by atoms with E-state index in [1.54, 1.807) is 6.07 Å². The van der Waals surface area contributed by atoms with Crippen LogP contribution in [0.4, 0.5) is 5.69 Å². The van der Waals surface area contributed by atoms with Gasteiger partial charge in [0, 0.05) is 28.3 Å². The summed E-state index contributed by atoms with van der Waals surface area (Å²) in [7, 11) is -0.785. The highest BCUT2D eigenvalue weighted by Crippen LogP contribution is 2.14. The molecule has 0 aliphatic heterocycles. The molecule has 0 aliphatic carbocycles. The maximum absolute atomic E-state index is 11.7. The molecule has 0 saturated heterocycles. The van der Waals surface area contributed by atoms with E-state index >= 15 is 0 Å². The molecule has 2 atom stereocenters. The van der Waals surface area contributed by atoms with E-state index < -0.39 is 10.8 Å². The lowest BCUT2D eigenvalue weighted by atomic mass is 10.2. The summed E-state index contributed by atoms with van der Waals surface area (Å²) in [5.74, 6) is 2.60. The highest BCUT2D eigenvalue weighted by atomic mass is 32.2. The average Bonchev–Trinajstić information content (AvgIpc) is 2.29. The van der Waals surface area contributed by atoms with Crippen molar-refractivity contribution in [2.75, 3.05) is 23.8 Å². The topological polar surface area (TPSA) is 52.3 Å². The molecule has 1 rings (SSSR count). The fourth-order valence-electron chi connectivity index (χ4n) is 1.38. The molecule has 0 bridgehead atoms. The van der Waals surface area contributed by atoms with Gasteiger partial charge in [0.2, 0.25) is 0 Å². The first-order valence-corrected chi connectivity index (χ1v) is 7.44. The van der Waals surface area contributed by atoms with Crippen molar-refractivity contribution < 1.29 is 8.95 Å². The van der Waals surface area contributed by atoms with Crippen LogP contribution in [0, 0.1) is 5.92 Å². The molecular formula is C13H21NO2S. The molecule has 0 aliphatic rings. The van der Waals surface area contributed by atoms with Gasteiger partial charge in [-0.15, -0.1) is 0 Å². The van der Waals surface area contributed by atoms with Crippen molar-refractivity contribution in [3.8, 4) is 5.75 Å². The largest absolute Gasteiger partial charge is 0.493 e. The van der Waals surface area contributed by atoms with Crippen molar-refractivity contribution in [2.45, 2.75) is 20.3 Å². The molecule has 96 valence electrons. The van der Waals surface area contributed by atoms with Gasteiger partial charge in [0.1, 0.15) is 5.75 Å². The van der Waals surface area contributed by atoms with Gasteiger partial charge in [0.05, 0.1) is 12.4 Å². The van der Waals surface area contributed by atoms with E-state index in [2.05, 4.69) is 13.8 Å². The molecule has 0 radical (unpaired) electrons. The van der Waals surface area contributed by atoms with Crippen LogP contribution in [0.1, 0.15) is 20.3 Å². The molecular weight excluding hydrogens is 234 g/mol. The van der Waals surface area contributed by atoms with E-state index in [0.717, 1.165) is 17.9 Å². The van der Waals surface area contributed by atoms with E-state index in [4.69, 9.17) is 10.5 Å². The van der Waals surface area contributed by atoms with E-state index in [1.165, 1.54) is 0 Å². The van der Waals surface area contributed by atoms with Crippen molar-refractivity contribution in [1.82, 2.24) is 0 Å². The van der Waals surface area contributed by atoms with Crippen molar-refractivity contribution in [1.29, 1.82) is 0 Å². The molecule has 2 N–H and O–H groups in total. The number of ether oxygens (including phenoxy) is 1. The Kier molecular flexibility index (Phi) is 6.05. The molecule has 4 heteroatoms. The number of hydrogen-bond donors (Lipinski definition) is 1. The second-order valence-electron chi connectivity index (χ2n) is 4.24. The molecule has 0 spiro atoms. The van der Waals surface area contributed by atoms with Crippen LogP contribution >= 0.6 is 0 Å². The maximum Gasteiger partial charge on any atom is 0.121 e. The van der Waals surface area contributed by atoms with Gasteiger partial charge in [-0.2, -0.15) is 0 Å². The average molecular weight is 255 g/mol. The summed E-state index contributed by atoms with van der Waals surface area (Å²) in [6, 6.07) is 7.29. The van der Waals surface area contributed by atoms with Gasteiger partial charge in [-0.1, -0.05) is 26.3 Å². The zero-order chi connectivity index (χ0) is 12.7. The molecule has 1 aromatic rings. The predicted octanol–water partition coefficient (Wildman–Crippen LogP) is 2.44. The molecule has 0 heterocycles. The summed E-state index contributed by atoms with van der Waals surface area (Å²) < 4.78 is 17.2. The number of nitrogen functional groups attached to an aromatic ring is 1. The fourth-order valence-corrected chi connectivity index (χ4v) is 2.68. The zero-order valence-electron chi connectivity index (χ0n) is 10.5. The Morgan fingerprint density at radius 3 is 2.88 bits per heavy atom. The first kappa shape index (κ1) is 14.0. The summed E-state index contributed by atoms with van der Waals surface area (Å²) in [4.78, 5) is 0. The zero-order valence-corrected chi connectivity index (χ0v) is 11.3. The van der Waals surface area contributed by atoms with Crippen LogP contribution in [0.25, 0.3) is 0 Å². The molecule has 0 fully saturated rings. The summed E-state index contributed by atoms with van der Waals surface area (Å²) in [5, 5.41) is 0. The first-order chi connectivity index (χ1) is 8.11. The Labute approximate surface area is 106 Å². The van der Waals surface area contributed by atoms with Gasteiger partial charge in [0.25, 0.3) is 0 Å². The monoisotopic (exact) mass is 255 g/mol. The fraction of sp³-hybridized carbons (Fsp3) is 0.538. The van der Waals surface area contributed by atoms with Crippen LogP contribution in [0.5, 0.6) is 5.75 Å². The van der Waals surface area contributed by atoms with Crippen LogP contribution < -0.4 is 10.5 Å². The standard InChI is InChI=1S/C13H21NO2S/c1-3-11(2)10-17(15)8-7-16-13-6-4-5-12(14)9-13/h4-6,9,11H,3,7-8,10,14H2,1-2H3. The van der Waals surface area contributed by atoms with Crippen LogP contribution in [-0.2, 0) is 10.8 Å². The molecule has 1 aromatic carbocycles. The Bertz CT molecular complexity index is 368. The number of benzene rings is 1.